The van der Waals surface area contributed by atoms with Gasteiger partial charge in [-0.1, -0.05) is 23.7 Å². The number of carboxylic acids is 1. The topological polar surface area (TPSA) is 60.9 Å². The summed E-state index contributed by atoms with van der Waals surface area (Å²) in [6.07, 6.45) is 0. The average molecular weight is 271 g/mol. The molecule has 5 nitrogen and oxygen atoms in total. The van der Waals surface area contributed by atoms with E-state index in [1.54, 1.807) is 19.2 Å². The predicted molar refractivity (Wildman–Crippen MR) is 68.6 cm³/mol. The van der Waals surface area contributed by atoms with Crippen LogP contribution in [0.25, 0.3) is 0 Å². The smallest absolute Gasteiger partial charge is 0.323 e. The van der Waals surface area contributed by atoms with Crippen molar-refractivity contribution < 1.29 is 14.7 Å². The number of carbonyl (C=O) groups excluding carboxylic acids is 1. The molecule has 0 aliphatic rings. The maximum Gasteiger partial charge on any atom is 0.323 e. The summed E-state index contributed by atoms with van der Waals surface area (Å²) in [4.78, 5) is 24.9. The highest BCUT2D eigenvalue weighted by Gasteiger charge is 2.16. The van der Waals surface area contributed by atoms with E-state index < -0.39 is 5.97 Å². The first-order chi connectivity index (χ1) is 8.40. The summed E-state index contributed by atoms with van der Waals surface area (Å²) in [6, 6.07) is 6.80. The van der Waals surface area contributed by atoms with E-state index in [4.69, 9.17) is 16.7 Å². The Labute approximate surface area is 111 Å². The molecule has 1 N–H and O–H groups in total. The van der Waals surface area contributed by atoms with Crippen LogP contribution in [0, 0.1) is 0 Å². The summed E-state index contributed by atoms with van der Waals surface area (Å²) in [5, 5.41) is 9.24. The van der Waals surface area contributed by atoms with E-state index in [9.17, 15) is 9.59 Å². The molecular weight excluding hydrogens is 256 g/mol. The zero-order valence-corrected chi connectivity index (χ0v) is 11.0. The lowest BCUT2D eigenvalue weighted by Crippen LogP contribution is -2.40. The number of amides is 2. The number of rotatable bonds is 4. The van der Waals surface area contributed by atoms with Crippen molar-refractivity contribution in [1.29, 1.82) is 0 Å². The quantitative estimate of drug-likeness (QED) is 0.909. The van der Waals surface area contributed by atoms with Crippen molar-refractivity contribution in [3.63, 3.8) is 0 Å². The third-order valence-corrected chi connectivity index (χ3v) is 2.61. The molecule has 0 radical (unpaired) electrons. The van der Waals surface area contributed by atoms with Crippen molar-refractivity contribution in [3.8, 4) is 0 Å². The number of halogens is 1. The zero-order valence-electron chi connectivity index (χ0n) is 10.3. The lowest BCUT2D eigenvalue weighted by Gasteiger charge is -2.23. The Hall–Kier alpha value is -1.75. The molecule has 6 heteroatoms. The average Bonchev–Trinajstić information content (AvgIpc) is 2.30. The number of likely N-dealkylation sites (N-methyl/N-ethyl adjacent to an activating group) is 1. The van der Waals surface area contributed by atoms with E-state index in [1.807, 2.05) is 12.1 Å². The number of nitrogens with zero attached hydrogens (tertiary/aromatic N) is 2. The van der Waals surface area contributed by atoms with E-state index in [0.29, 0.717) is 11.6 Å². The van der Waals surface area contributed by atoms with E-state index in [2.05, 4.69) is 0 Å². The summed E-state index contributed by atoms with van der Waals surface area (Å²) in [5.74, 6) is -1.04. The molecule has 0 bridgehead atoms. The second-order valence-corrected chi connectivity index (χ2v) is 4.45. The maximum atomic E-state index is 11.8. The molecule has 0 atom stereocenters. The van der Waals surface area contributed by atoms with Gasteiger partial charge in [-0.15, -0.1) is 0 Å². The standard InChI is InChI=1S/C12H15ClN2O3/c1-14(12(18)15(2)8-11(16)17)7-9-3-5-10(13)6-4-9/h3-6H,7-8H2,1-2H3,(H,16,17). The Balaban J connectivity index is 2.59. The number of benzene rings is 1. The molecular formula is C12H15ClN2O3. The normalized spacial score (nSPS) is 9.94. The molecule has 0 heterocycles. The van der Waals surface area contributed by atoms with Gasteiger partial charge in [-0.3, -0.25) is 4.79 Å². The molecule has 0 unspecified atom stereocenters. The van der Waals surface area contributed by atoms with Crippen LogP contribution in [0.4, 0.5) is 4.79 Å². The molecule has 1 aromatic carbocycles. The SMILES string of the molecule is CN(CC(=O)O)C(=O)N(C)Cc1ccc(Cl)cc1. The lowest BCUT2D eigenvalue weighted by atomic mass is 10.2. The number of carboxylic acid groups (broad SMARTS) is 1. The highest BCUT2D eigenvalue weighted by molar-refractivity contribution is 6.30. The van der Waals surface area contributed by atoms with Gasteiger partial charge in [-0.2, -0.15) is 0 Å². The van der Waals surface area contributed by atoms with Crippen molar-refractivity contribution in [3.05, 3.63) is 34.9 Å². The first-order valence-corrected chi connectivity index (χ1v) is 5.70. The van der Waals surface area contributed by atoms with Gasteiger partial charge in [0.1, 0.15) is 6.54 Å². The van der Waals surface area contributed by atoms with Gasteiger partial charge in [0, 0.05) is 25.7 Å². The third kappa shape index (κ3) is 4.25. The van der Waals surface area contributed by atoms with E-state index >= 15 is 0 Å². The van der Waals surface area contributed by atoms with Crippen LogP contribution in [-0.2, 0) is 11.3 Å². The molecule has 1 aromatic rings. The Morgan fingerprint density at radius 2 is 1.72 bits per heavy atom. The molecule has 18 heavy (non-hydrogen) atoms. The van der Waals surface area contributed by atoms with E-state index in [0.717, 1.165) is 10.5 Å². The maximum absolute atomic E-state index is 11.8. The molecule has 0 fully saturated rings. The van der Waals surface area contributed by atoms with Gasteiger partial charge in [0.25, 0.3) is 0 Å². The second kappa shape index (κ2) is 6.26. The van der Waals surface area contributed by atoms with Gasteiger partial charge in [0.2, 0.25) is 0 Å². The molecule has 2 amide bonds. The molecule has 0 spiro atoms. The molecule has 0 saturated heterocycles. The van der Waals surface area contributed by atoms with Crippen LogP contribution >= 0.6 is 11.6 Å². The zero-order chi connectivity index (χ0) is 13.7. The number of hydrogen-bond acceptors (Lipinski definition) is 2. The summed E-state index contributed by atoms with van der Waals surface area (Å²) in [5.41, 5.74) is 0.930. The van der Waals surface area contributed by atoms with Crippen LogP contribution in [0.3, 0.4) is 0 Å². The Morgan fingerprint density at radius 3 is 2.22 bits per heavy atom. The summed E-state index contributed by atoms with van der Waals surface area (Å²) >= 11 is 5.76. The van der Waals surface area contributed by atoms with Crippen molar-refractivity contribution in [1.82, 2.24) is 9.80 Å². The molecule has 0 aliphatic carbocycles. The Kier molecular flexibility index (Phi) is 4.97. The summed E-state index contributed by atoms with van der Waals surface area (Å²) in [6.45, 7) is 0.0871. The molecule has 0 saturated carbocycles. The number of carbonyl (C=O) groups is 2. The highest BCUT2D eigenvalue weighted by atomic mass is 35.5. The monoisotopic (exact) mass is 270 g/mol. The van der Waals surface area contributed by atoms with Crippen LogP contribution in [0.15, 0.2) is 24.3 Å². The molecule has 0 aliphatic heterocycles. The van der Waals surface area contributed by atoms with Crippen LogP contribution in [0.5, 0.6) is 0 Å². The minimum atomic E-state index is -1.04. The lowest BCUT2D eigenvalue weighted by molar-refractivity contribution is -0.137. The van der Waals surface area contributed by atoms with Gasteiger partial charge in [0.15, 0.2) is 0 Å². The van der Waals surface area contributed by atoms with Crippen molar-refractivity contribution in [2.24, 2.45) is 0 Å². The third-order valence-electron chi connectivity index (χ3n) is 2.36. The van der Waals surface area contributed by atoms with Crippen LogP contribution in [0.1, 0.15) is 5.56 Å². The van der Waals surface area contributed by atoms with Crippen LogP contribution in [-0.4, -0.2) is 47.5 Å². The molecule has 98 valence electrons. The van der Waals surface area contributed by atoms with E-state index in [1.165, 1.54) is 11.9 Å². The minimum absolute atomic E-state index is 0.316. The Morgan fingerprint density at radius 1 is 1.17 bits per heavy atom. The van der Waals surface area contributed by atoms with Crippen LogP contribution in [0.2, 0.25) is 5.02 Å². The van der Waals surface area contributed by atoms with Crippen molar-refractivity contribution >= 4 is 23.6 Å². The van der Waals surface area contributed by atoms with Crippen molar-refractivity contribution in [2.75, 3.05) is 20.6 Å². The fourth-order valence-electron chi connectivity index (χ4n) is 1.49. The molecule has 1 rings (SSSR count). The minimum Gasteiger partial charge on any atom is -0.480 e. The number of aliphatic carboxylic acids is 1. The first kappa shape index (κ1) is 14.3. The van der Waals surface area contributed by atoms with Crippen molar-refractivity contribution in [2.45, 2.75) is 6.54 Å². The summed E-state index contributed by atoms with van der Waals surface area (Å²) in [7, 11) is 3.07. The highest BCUT2D eigenvalue weighted by Crippen LogP contribution is 2.11. The first-order valence-electron chi connectivity index (χ1n) is 5.32. The van der Waals surface area contributed by atoms with Gasteiger partial charge in [0.05, 0.1) is 0 Å². The Bertz CT molecular complexity index is 433. The van der Waals surface area contributed by atoms with Gasteiger partial charge in [-0.05, 0) is 17.7 Å². The predicted octanol–water partition coefficient (Wildman–Crippen LogP) is 1.91. The molecule has 0 aromatic heterocycles. The van der Waals surface area contributed by atoms with E-state index in [-0.39, 0.29) is 12.6 Å². The fraction of sp³-hybridized carbons (Fsp3) is 0.333. The van der Waals surface area contributed by atoms with Gasteiger partial charge >= 0.3 is 12.0 Å². The fourth-order valence-corrected chi connectivity index (χ4v) is 1.62. The number of urea groups is 1. The van der Waals surface area contributed by atoms with Gasteiger partial charge in [-0.25, -0.2) is 4.79 Å². The number of hydrogen-bond donors (Lipinski definition) is 1. The van der Waals surface area contributed by atoms with Crippen LogP contribution < -0.4 is 0 Å². The summed E-state index contributed by atoms with van der Waals surface area (Å²) < 4.78 is 0. The second-order valence-electron chi connectivity index (χ2n) is 4.01. The van der Waals surface area contributed by atoms with Gasteiger partial charge < -0.3 is 14.9 Å². The largest absolute Gasteiger partial charge is 0.480 e.